The van der Waals surface area contributed by atoms with Gasteiger partial charge in [-0.15, -0.1) is 0 Å². The molecule has 27 heavy (non-hydrogen) atoms. The predicted molar refractivity (Wildman–Crippen MR) is 109 cm³/mol. The average Bonchev–Trinajstić information content (AvgIpc) is 3.00. The topological polar surface area (TPSA) is 71.1 Å². The molecule has 0 saturated heterocycles. The van der Waals surface area contributed by atoms with Crippen LogP contribution in [0.15, 0.2) is 48.5 Å². The first-order valence-electron chi connectivity index (χ1n) is 7.99. The molecule has 0 aliphatic rings. The van der Waals surface area contributed by atoms with Gasteiger partial charge < -0.3 is 5.32 Å². The molecule has 8 heteroatoms. The molecule has 1 heterocycles. The second kappa shape index (κ2) is 8.52. The van der Waals surface area contributed by atoms with E-state index in [1.807, 2.05) is 30.3 Å². The molecule has 0 saturated carbocycles. The molecule has 2 N–H and O–H groups in total. The second-order valence-electron chi connectivity index (χ2n) is 5.71. The Morgan fingerprint density at radius 3 is 2.37 bits per heavy atom. The summed E-state index contributed by atoms with van der Waals surface area (Å²) in [7, 11) is 0. The van der Waals surface area contributed by atoms with Crippen LogP contribution >= 0.6 is 34.5 Å². The maximum Gasteiger partial charge on any atom is 0.263 e. The summed E-state index contributed by atoms with van der Waals surface area (Å²) in [6.07, 6.45) is 0. The number of thiazole rings is 1. The number of aromatic nitrogens is 1. The molecule has 0 radical (unpaired) electrons. The second-order valence-corrected chi connectivity index (χ2v) is 7.59. The van der Waals surface area contributed by atoms with Crippen molar-refractivity contribution in [2.75, 3.05) is 5.32 Å². The quantitative estimate of drug-likeness (QED) is 0.614. The van der Waals surface area contributed by atoms with E-state index in [0.29, 0.717) is 37.9 Å². The molecule has 0 atom stereocenters. The van der Waals surface area contributed by atoms with Crippen molar-refractivity contribution in [3.63, 3.8) is 0 Å². The van der Waals surface area contributed by atoms with Gasteiger partial charge in [0.1, 0.15) is 4.88 Å². The summed E-state index contributed by atoms with van der Waals surface area (Å²) in [6.45, 7) is 2.14. The van der Waals surface area contributed by atoms with Crippen LogP contribution in [-0.4, -0.2) is 16.8 Å². The number of rotatable bonds is 5. The maximum absolute atomic E-state index is 12.4. The van der Waals surface area contributed by atoms with E-state index in [1.165, 1.54) is 12.1 Å². The van der Waals surface area contributed by atoms with Crippen LogP contribution in [0.5, 0.6) is 0 Å². The van der Waals surface area contributed by atoms with Gasteiger partial charge in [0.25, 0.3) is 11.8 Å². The van der Waals surface area contributed by atoms with E-state index in [9.17, 15) is 9.59 Å². The van der Waals surface area contributed by atoms with E-state index in [4.69, 9.17) is 23.2 Å². The number of hydrogen-bond donors (Lipinski definition) is 2. The third kappa shape index (κ3) is 5.07. The molecule has 0 bridgehead atoms. The number of hydrogen-bond acceptors (Lipinski definition) is 4. The van der Waals surface area contributed by atoms with Crippen LogP contribution in [0.2, 0.25) is 10.0 Å². The minimum Gasteiger partial charge on any atom is -0.347 e. The summed E-state index contributed by atoms with van der Waals surface area (Å²) in [4.78, 5) is 29.5. The highest BCUT2D eigenvalue weighted by Gasteiger charge is 2.17. The highest BCUT2D eigenvalue weighted by atomic mass is 35.5. The van der Waals surface area contributed by atoms with Crippen LogP contribution in [0.3, 0.4) is 0 Å². The van der Waals surface area contributed by atoms with Gasteiger partial charge in [-0.25, -0.2) is 4.98 Å². The smallest absolute Gasteiger partial charge is 0.263 e. The molecule has 0 aliphatic heterocycles. The van der Waals surface area contributed by atoms with E-state index < -0.39 is 5.91 Å². The van der Waals surface area contributed by atoms with Crippen molar-refractivity contribution in [1.82, 2.24) is 10.3 Å². The first-order valence-corrected chi connectivity index (χ1v) is 9.56. The van der Waals surface area contributed by atoms with E-state index in [0.717, 1.165) is 16.9 Å². The monoisotopic (exact) mass is 419 g/mol. The zero-order valence-corrected chi connectivity index (χ0v) is 16.6. The lowest BCUT2D eigenvalue weighted by molar-refractivity contribution is 0.0953. The van der Waals surface area contributed by atoms with Crippen LogP contribution in [0.4, 0.5) is 5.13 Å². The van der Waals surface area contributed by atoms with Crippen LogP contribution in [0, 0.1) is 6.92 Å². The van der Waals surface area contributed by atoms with Crippen molar-refractivity contribution in [3.05, 3.63) is 80.3 Å². The molecule has 3 rings (SSSR count). The summed E-state index contributed by atoms with van der Waals surface area (Å²) in [5.74, 6) is -0.635. The number of nitrogens with zero attached hydrogens (tertiary/aromatic N) is 1. The highest BCUT2D eigenvalue weighted by Crippen LogP contribution is 2.24. The summed E-state index contributed by atoms with van der Waals surface area (Å²) in [5, 5.41) is 6.59. The Hall–Kier alpha value is -2.41. The minimum absolute atomic E-state index is 0.236. The molecule has 0 unspecified atom stereocenters. The van der Waals surface area contributed by atoms with Crippen molar-refractivity contribution < 1.29 is 9.59 Å². The van der Waals surface area contributed by atoms with E-state index in [-0.39, 0.29) is 5.91 Å². The fourth-order valence-corrected chi connectivity index (χ4v) is 3.78. The van der Waals surface area contributed by atoms with Gasteiger partial charge in [-0.3, -0.25) is 14.9 Å². The first-order chi connectivity index (χ1) is 12.9. The fraction of sp³-hybridized carbons (Fsp3) is 0.105. The molecule has 0 fully saturated rings. The van der Waals surface area contributed by atoms with Gasteiger partial charge in [0, 0.05) is 22.2 Å². The molecule has 3 aromatic rings. The third-order valence-electron chi connectivity index (χ3n) is 3.64. The van der Waals surface area contributed by atoms with E-state index in [2.05, 4.69) is 15.6 Å². The van der Waals surface area contributed by atoms with Gasteiger partial charge >= 0.3 is 0 Å². The Morgan fingerprint density at radius 1 is 1.04 bits per heavy atom. The summed E-state index contributed by atoms with van der Waals surface area (Å²) < 4.78 is 0. The molecule has 1 aromatic heterocycles. The normalized spacial score (nSPS) is 10.5. The number of halogens is 2. The maximum atomic E-state index is 12.4. The van der Waals surface area contributed by atoms with Gasteiger partial charge in [-0.1, -0.05) is 64.9 Å². The Balaban J connectivity index is 1.68. The summed E-state index contributed by atoms with van der Waals surface area (Å²) in [6, 6.07) is 14.2. The largest absolute Gasteiger partial charge is 0.347 e. The molecule has 0 aliphatic carbocycles. The molecule has 2 aromatic carbocycles. The molecule has 2 amide bonds. The lowest BCUT2D eigenvalue weighted by atomic mass is 10.2. The average molecular weight is 420 g/mol. The number of benzene rings is 2. The fourth-order valence-electron chi connectivity index (χ4n) is 2.37. The molecule has 0 spiro atoms. The van der Waals surface area contributed by atoms with Crippen molar-refractivity contribution in [2.24, 2.45) is 0 Å². The molecule has 138 valence electrons. The van der Waals surface area contributed by atoms with Gasteiger partial charge in [0.05, 0.1) is 5.69 Å². The summed E-state index contributed by atoms with van der Waals surface area (Å²) >= 11 is 13.0. The van der Waals surface area contributed by atoms with Gasteiger partial charge in [-0.2, -0.15) is 0 Å². The lowest BCUT2D eigenvalue weighted by Gasteiger charge is -2.04. The molecular formula is C19H15Cl2N3O2S. The van der Waals surface area contributed by atoms with Crippen LogP contribution < -0.4 is 10.6 Å². The number of anilines is 1. The Labute approximate surface area is 170 Å². The van der Waals surface area contributed by atoms with E-state index in [1.54, 1.807) is 13.0 Å². The zero-order valence-electron chi connectivity index (χ0n) is 14.3. The Morgan fingerprint density at radius 2 is 1.70 bits per heavy atom. The standard InChI is InChI=1S/C19H15Cl2N3O2S/c1-11-16(18(26)22-10-12-5-3-2-4-6-12)27-19(23-11)24-17(25)13-7-14(20)9-15(21)8-13/h2-9H,10H2,1H3,(H,22,26)(H,23,24,25). The SMILES string of the molecule is Cc1nc(NC(=O)c2cc(Cl)cc(Cl)c2)sc1C(=O)NCc1ccccc1. The number of aryl methyl sites for hydroxylation is 1. The Kier molecular flexibility index (Phi) is 6.11. The third-order valence-corrected chi connectivity index (χ3v) is 5.15. The van der Waals surface area contributed by atoms with Crippen molar-refractivity contribution in [2.45, 2.75) is 13.5 Å². The first kappa shape index (κ1) is 19.4. The lowest BCUT2D eigenvalue weighted by Crippen LogP contribution is -2.22. The van der Waals surface area contributed by atoms with Gasteiger partial charge in [0.2, 0.25) is 0 Å². The van der Waals surface area contributed by atoms with Gasteiger partial charge in [-0.05, 0) is 30.7 Å². The van der Waals surface area contributed by atoms with Crippen molar-refractivity contribution in [3.8, 4) is 0 Å². The molecular weight excluding hydrogens is 405 g/mol. The van der Waals surface area contributed by atoms with E-state index >= 15 is 0 Å². The number of amides is 2. The van der Waals surface area contributed by atoms with Gasteiger partial charge in [0.15, 0.2) is 5.13 Å². The van der Waals surface area contributed by atoms with Crippen LogP contribution in [0.1, 0.15) is 31.3 Å². The Bertz CT molecular complexity index is 970. The summed E-state index contributed by atoms with van der Waals surface area (Å²) in [5.41, 5.74) is 1.86. The number of carbonyl (C=O) groups is 2. The zero-order chi connectivity index (χ0) is 19.4. The van der Waals surface area contributed by atoms with Crippen molar-refractivity contribution in [1.29, 1.82) is 0 Å². The minimum atomic E-state index is -0.399. The van der Waals surface area contributed by atoms with Crippen LogP contribution in [-0.2, 0) is 6.54 Å². The van der Waals surface area contributed by atoms with Crippen molar-refractivity contribution >= 4 is 51.5 Å². The number of carbonyl (C=O) groups excluding carboxylic acids is 2. The highest BCUT2D eigenvalue weighted by molar-refractivity contribution is 7.17. The predicted octanol–water partition coefficient (Wildman–Crippen LogP) is 4.94. The van der Waals surface area contributed by atoms with Crippen LogP contribution in [0.25, 0.3) is 0 Å². The molecule has 5 nitrogen and oxygen atoms in total. The number of nitrogens with one attached hydrogen (secondary N) is 2.